The van der Waals surface area contributed by atoms with Crippen LogP contribution in [0.2, 0.25) is 0 Å². The van der Waals surface area contributed by atoms with Crippen molar-refractivity contribution < 1.29 is 44.7 Å². The molecule has 0 aliphatic rings. The number of nitrogens with one attached hydrogen (secondary N) is 2. The van der Waals surface area contributed by atoms with Crippen molar-refractivity contribution in [3.8, 4) is 28.7 Å². The minimum Gasteiger partial charge on any atom is -0.508 e. The predicted octanol–water partition coefficient (Wildman–Crippen LogP) is 5.30. The molecule has 4 aromatic carbocycles. The van der Waals surface area contributed by atoms with Gasteiger partial charge in [-0.1, -0.05) is 54.6 Å². The van der Waals surface area contributed by atoms with Gasteiger partial charge in [-0.25, -0.2) is 0 Å². The van der Waals surface area contributed by atoms with Gasteiger partial charge in [0.15, 0.2) is 28.6 Å². The van der Waals surface area contributed by atoms with E-state index in [1.807, 2.05) is 0 Å². The number of phenols is 5. The highest BCUT2D eigenvalue weighted by molar-refractivity contribution is 6.26. The van der Waals surface area contributed by atoms with Crippen LogP contribution in [0.25, 0.3) is 24.3 Å². The lowest BCUT2D eigenvalue weighted by Gasteiger charge is -2.38. The second kappa shape index (κ2) is 22.8. The molecular weight excluding hydrogens is 753 g/mol. The number of phenolic OH excluding ortho intramolecular Hbond substituents is 5. The minimum absolute atomic E-state index is 0.00984. The molecule has 2 amide bonds. The molecule has 4 rings (SSSR count). The van der Waals surface area contributed by atoms with Gasteiger partial charge < -0.3 is 41.9 Å². The van der Waals surface area contributed by atoms with Crippen LogP contribution in [0, 0.1) is 0 Å². The van der Waals surface area contributed by atoms with Gasteiger partial charge in [-0.2, -0.15) is 0 Å². The summed E-state index contributed by atoms with van der Waals surface area (Å²) in [6, 6.07) is 21.5. The molecule has 0 aliphatic carbocycles. The second-order valence-corrected chi connectivity index (χ2v) is 13.6. The number of aromatic hydroxyl groups is 5. The third-order valence-corrected chi connectivity index (χ3v) is 9.19. The van der Waals surface area contributed by atoms with E-state index in [4.69, 9.17) is 5.73 Å². The zero-order chi connectivity index (χ0) is 42.6. The van der Waals surface area contributed by atoms with Crippen LogP contribution < -0.4 is 16.4 Å². The van der Waals surface area contributed by atoms with E-state index >= 15 is 0 Å². The van der Waals surface area contributed by atoms with Gasteiger partial charge in [-0.15, -0.1) is 0 Å². The molecule has 9 N–H and O–H groups in total. The highest BCUT2D eigenvalue weighted by Gasteiger charge is 2.52. The summed E-state index contributed by atoms with van der Waals surface area (Å²) in [5, 5.41) is 56.0. The lowest BCUT2D eigenvalue weighted by atomic mass is 9.81. The average molecular weight is 803 g/mol. The minimum atomic E-state index is -2.49. The largest absolute Gasteiger partial charge is 0.508 e. The quantitative estimate of drug-likeness (QED) is 0.0220. The van der Waals surface area contributed by atoms with Crippen molar-refractivity contribution in [1.29, 1.82) is 0 Å². The van der Waals surface area contributed by atoms with Gasteiger partial charge in [0.2, 0.25) is 0 Å². The van der Waals surface area contributed by atoms with Gasteiger partial charge in [0, 0.05) is 12.2 Å². The maximum atomic E-state index is 14.9. The topological polar surface area (TPSA) is 223 Å². The number of rotatable bonds is 22. The lowest BCUT2D eigenvalue weighted by Crippen LogP contribution is -2.63. The fraction of sp³-hybridized carbons (Fsp3) is 0.217. The normalized spacial score (nSPS) is 12.7. The lowest BCUT2D eigenvalue weighted by molar-refractivity contribution is -0.156. The van der Waals surface area contributed by atoms with Crippen molar-refractivity contribution in [3.63, 3.8) is 0 Å². The van der Waals surface area contributed by atoms with Crippen LogP contribution in [0.4, 0.5) is 0 Å². The molecule has 0 saturated heterocycles. The van der Waals surface area contributed by atoms with E-state index < -0.39 is 40.4 Å². The van der Waals surface area contributed by atoms with E-state index in [1.54, 1.807) is 12.1 Å². The summed E-state index contributed by atoms with van der Waals surface area (Å²) < 4.78 is 0. The molecule has 308 valence electrons. The Morgan fingerprint density at radius 3 is 1.34 bits per heavy atom. The molecule has 0 heterocycles. The number of benzene rings is 4. The number of amides is 2. The third-order valence-electron chi connectivity index (χ3n) is 9.19. The van der Waals surface area contributed by atoms with E-state index in [-0.39, 0.29) is 35.8 Å². The first-order chi connectivity index (χ1) is 28.4. The fourth-order valence-electron chi connectivity index (χ4n) is 5.94. The molecule has 13 nitrogen and oxygen atoms in total. The molecule has 0 spiro atoms. The Morgan fingerprint density at radius 1 is 0.508 bits per heavy atom. The van der Waals surface area contributed by atoms with E-state index in [0.717, 1.165) is 56.7 Å². The van der Waals surface area contributed by atoms with Crippen molar-refractivity contribution in [2.24, 2.45) is 5.73 Å². The van der Waals surface area contributed by atoms with E-state index in [9.17, 15) is 44.7 Å². The van der Waals surface area contributed by atoms with Crippen molar-refractivity contribution in [2.75, 3.05) is 32.7 Å². The molecule has 13 heteroatoms. The summed E-state index contributed by atoms with van der Waals surface area (Å²) in [5.74, 6) is -4.72. The molecule has 1 unspecified atom stereocenters. The molecule has 0 fully saturated rings. The fourth-order valence-corrected chi connectivity index (χ4v) is 5.94. The Kier molecular flexibility index (Phi) is 17.4. The number of hydrogen-bond acceptors (Lipinski definition) is 12. The molecule has 0 radical (unpaired) electrons. The maximum Gasteiger partial charge on any atom is 0.254 e. The molecule has 0 aromatic heterocycles. The van der Waals surface area contributed by atoms with Crippen LogP contribution in [-0.4, -0.2) is 92.1 Å². The summed E-state index contributed by atoms with van der Waals surface area (Å²) in [7, 11) is 0. The summed E-state index contributed by atoms with van der Waals surface area (Å²) in [4.78, 5) is 59.4. The summed E-state index contributed by atoms with van der Waals surface area (Å²) in [6.07, 6.45) is 11.8. The summed E-state index contributed by atoms with van der Waals surface area (Å²) >= 11 is 0. The number of ketones is 2. The Morgan fingerprint density at radius 2 is 0.898 bits per heavy atom. The first-order valence-electron chi connectivity index (χ1n) is 19.1. The summed E-state index contributed by atoms with van der Waals surface area (Å²) in [5.41, 5.74) is 4.78. The Hall–Kier alpha value is -6.80. The molecule has 1 atom stereocenters. The molecule has 59 heavy (non-hydrogen) atoms. The molecular formula is C46H50N4O9. The number of imide groups is 1. The van der Waals surface area contributed by atoms with E-state index in [2.05, 4.69) is 10.6 Å². The monoisotopic (exact) mass is 802 g/mol. The van der Waals surface area contributed by atoms with Crippen LogP contribution in [0.1, 0.15) is 47.9 Å². The predicted molar refractivity (Wildman–Crippen MR) is 228 cm³/mol. The molecule has 0 saturated carbocycles. The SMILES string of the molecule is NCCCNCCCCNCCC(C(=O)C=Cc1ccc(O)cc1)(C(=O)C=Cc1ccc(O)c(O)c1)N(C(=O)C=Cc1ccc(O)cc1)C(=O)C=Cc1ccc(O)cc1. The first-order valence-corrected chi connectivity index (χ1v) is 19.1. The van der Waals surface area contributed by atoms with E-state index in [0.29, 0.717) is 34.7 Å². The Bertz CT molecular complexity index is 2080. The third kappa shape index (κ3) is 13.7. The molecule has 0 aliphatic heterocycles. The first kappa shape index (κ1) is 44.9. The van der Waals surface area contributed by atoms with Gasteiger partial charge in [0.25, 0.3) is 11.8 Å². The van der Waals surface area contributed by atoms with Crippen LogP contribution in [-0.2, 0) is 19.2 Å². The van der Waals surface area contributed by atoms with Crippen LogP contribution in [0.5, 0.6) is 28.7 Å². The van der Waals surface area contributed by atoms with Gasteiger partial charge >= 0.3 is 0 Å². The van der Waals surface area contributed by atoms with Crippen molar-refractivity contribution in [2.45, 2.75) is 31.2 Å². The molecule has 0 bridgehead atoms. The summed E-state index contributed by atoms with van der Waals surface area (Å²) in [6.45, 7) is 2.66. The zero-order valence-corrected chi connectivity index (χ0v) is 32.5. The van der Waals surface area contributed by atoms with Gasteiger partial charge in [-0.3, -0.25) is 24.1 Å². The molecule has 4 aromatic rings. The average Bonchev–Trinajstić information content (AvgIpc) is 3.23. The van der Waals surface area contributed by atoms with Gasteiger partial charge in [-0.05, 0) is 153 Å². The number of hydrogen-bond donors (Lipinski definition) is 8. The van der Waals surface area contributed by atoms with Crippen LogP contribution in [0.3, 0.4) is 0 Å². The number of nitrogens with two attached hydrogens (primary N) is 1. The van der Waals surface area contributed by atoms with Crippen LogP contribution in [0.15, 0.2) is 115 Å². The van der Waals surface area contributed by atoms with E-state index in [1.165, 1.54) is 103 Å². The number of carbonyl (C=O) groups is 4. The smallest absolute Gasteiger partial charge is 0.254 e. The number of unbranched alkanes of at least 4 members (excludes halogenated alkanes) is 1. The Balaban J connectivity index is 1.85. The highest BCUT2D eigenvalue weighted by atomic mass is 16.3. The second-order valence-electron chi connectivity index (χ2n) is 13.6. The highest BCUT2D eigenvalue weighted by Crippen LogP contribution is 2.30. The maximum absolute atomic E-state index is 14.9. The van der Waals surface area contributed by atoms with Crippen LogP contribution >= 0.6 is 0 Å². The van der Waals surface area contributed by atoms with Gasteiger partial charge in [0.05, 0.1) is 0 Å². The van der Waals surface area contributed by atoms with Crippen molar-refractivity contribution in [1.82, 2.24) is 15.5 Å². The number of nitrogens with zero attached hydrogens (tertiary/aromatic N) is 1. The standard InChI is InChI=1S/C46H50N4O9/c47-27-3-30-48-28-1-2-29-49-31-26-46(42(56)22-11-33-4-15-37(51)16-5-33,43(57)23-12-36-10-21-40(54)41(55)32-36)50(44(58)24-13-34-6-17-38(52)18-7-34)45(59)25-14-35-8-19-39(53)20-9-35/h4-25,32,48-49,51-55H,1-3,26-31,47H2. The van der Waals surface area contributed by atoms with Gasteiger partial charge in [0.1, 0.15) is 17.2 Å². The van der Waals surface area contributed by atoms with Crippen molar-refractivity contribution >= 4 is 47.7 Å². The Labute approximate surface area is 343 Å². The zero-order valence-electron chi connectivity index (χ0n) is 32.5. The van der Waals surface area contributed by atoms with Crippen molar-refractivity contribution in [3.05, 3.63) is 138 Å². The number of carbonyl (C=O) groups excluding carboxylic acids is 4.